The van der Waals surface area contributed by atoms with Gasteiger partial charge < -0.3 is 10.6 Å². The quantitative estimate of drug-likeness (QED) is 0.300. The summed E-state index contributed by atoms with van der Waals surface area (Å²) >= 11 is 1.24. The molecule has 0 atom stereocenters. The van der Waals surface area contributed by atoms with Crippen LogP contribution in [0.5, 0.6) is 0 Å². The maximum atomic E-state index is 13.2. The van der Waals surface area contributed by atoms with Gasteiger partial charge in [0, 0.05) is 16.8 Å². The largest absolute Gasteiger partial charge is 0.405 e. The minimum atomic E-state index is -4.51. The normalized spacial score (nSPS) is 11.2. The summed E-state index contributed by atoms with van der Waals surface area (Å²) in [6.07, 6.45) is -2.76. The van der Waals surface area contributed by atoms with Crippen LogP contribution in [0.25, 0.3) is 11.4 Å². The molecule has 2 amide bonds. The predicted octanol–water partition coefficient (Wildman–Crippen LogP) is 4.86. The predicted molar refractivity (Wildman–Crippen MR) is 117 cm³/mol. The van der Waals surface area contributed by atoms with Gasteiger partial charge in [0.05, 0.1) is 11.3 Å². The molecule has 0 spiro atoms. The highest BCUT2D eigenvalue weighted by Gasteiger charge is 2.28. The van der Waals surface area contributed by atoms with Crippen LogP contribution in [0.3, 0.4) is 0 Å². The summed E-state index contributed by atoms with van der Waals surface area (Å²) in [6, 6.07) is 11.1. The first-order valence-corrected chi connectivity index (χ1v) is 10.7. The summed E-state index contributed by atoms with van der Waals surface area (Å²) in [6.45, 7) is 0.215. The lowest BCUT2D eigenvalue weighted by atomic mass is 10.1. The topological polar surface area (TPSA) is 84.0 Å². The Morgan fingerprint density at radius 3 is 2.18 bits per heavy atom. The van der Waals surface area contributed by atoms with Crippen LogP contribution >= 0.6 is 11.8 Å². The highest BCUT2D eigenvalue weighted by atomic mass is 32.2. The number of aryl methyl sites for hydroxylation is 1. The molecule has 3 aromatic rings. The van der Waals surface area contributed by atoms with Crippen LogP contribution in [-0.2, 0) is 0 Å². The van der Waals surface area contributed by atoms with Gasteiger partial charge in [-0.15, -0.1) is 11.8 Å². The maximum Gasteiger partial charge on any atom is 0.405 e. The summed E-state index contributed by atoms with van der Waals surface area (Å²) in [5.41, 5.74) is 1.61. The molecule has 1 aromatic heterocycles. The molecular weight excluding hydrogens is 460 g/mol. The van der Waals surface area contributed by atoms with Gasteiger partial charge in [-0.3, -0.25) is 9.59 Å². The molecule has 0 fully saturated rings. The number of carbonyl (C=O) groups excluding carboxylic acids is 2. The van der Waals surface area contributed by atoms with E-state index in [0.29, 0.717) is 27.8 Å². The average Bonchev–Trinajstić information content (AvgIpc) is 2.77. The van der Waals surface area contributed by atoms with E-state index >= 15 is 0 Å². The van der Waals surface area contributed by atoms with Gasteiger partial charge in [0.15, 0.2) is 5.82 Å². The van der Waals surface area contributed by atoms with Crippen molar-refractivity contribution < 1.29 is 27.2 Å². The van der Waals surface area contributed by atoms with Crippen molar-refractivity contribution in [3.8, 4) is 11.4 Å². The average molecular weight is 478 g/mol. The third-order valence-electron chi connectivity index (χ3n) is 4.43. The van der Waals surface area contributed by atoms with Crippen molar-refractivity contribution in [1.29, 1.82) is 0 Å². The number of anilines is 1. The molecule has 0 radical (unpaired) electrons. The van der Waals surface area contributed by atoms with Crippen molar-refractivity contribution >= 4 is 29.3 Å². The monoisotopic (exact) mass is 478 g/mol. The Labute approximate surface area is 190 Å². The fourth-order valence-corrected chi connectivity index (χ4v) is 3.49. The van der Waals surface area contributed by atoms with Crippen molar-refractivity contribution in [2.24, 2.45) is 0 Å². The van der Waals surface area contributed by atoms with Crippen molar-refractivity contribution in [2.45, 2.75) is 18.1 Å². The summed E-state index contributed by atoms with van der Waals surface area (Å²) < 4.78 is 49.9. The number of benzene rings is 2. The van der Waals surface area contributed by atoms with E-state index in [2.05, 4.69) is 15.3 Å². The number of hydrogen-bond acceptors (Lipinski definition) is 5. The first kappa shape index (κ1) is 24.2. The van der Waals surface area contributed by atoms with Crippen molar-refractivity contribution in [3.63, 3.8) is 0 Å². The van der Waals surface area contributed by atoms with Crippen LogP contribution < -0.4 is 10.6 Å². The second-order valence-electron chi connectivity index (χ2n) is 6.85. The molecule has 33 heavy (non-hydrogen) atoms. The molecule has 0 aliphatic rings. The molecule has 0 aliphatic carbocycles. The van der Waals surface area contributed by atoms with E-state index in [1.807, 2.05) is 0 Å². The Bertz CT molecular complexity index is 1170. The lowest BCUT2D eigenvalue weighted by molar-refractivity contribution is -0.123. The first-order valence-electron chi connectivity index (χ1n) is 9.52. The van der Waals surface area contributed by atoms with Crippen LogP contribution in [0.2, 0.25) is 0 Å². The molecule has 0 bridgehead atoms. The molecule has 0 saturated carbocycles. The van der Waals surface area contributed by atoms with Gasteiger partial charge in [-0.05, 0) is 61.7 Å². The minimum Gasteiger partial charge on any atom is -0.343 e. The molecule has 2 aromatic carbocycles. The molecule has 3 rings (SSSR count). The molecule has 11 heteroatoms. The number of nitrogens with zero attached hydrogens (tertiary/aromatic N) is 2. The minimum absolute atomic E-state index is 0.0187. The summed E-state index contributed by atoms with van der Waals surface area (Å²) in [5.74, 6) is -1.41. The molecule has 0 unspecified atom stereocenters. The number of halogens is 4. The number of alkyl halides is 3. The van der Waals surface area contributed by atoms with Crippen molar-refractivity contribution in [2.75, 3.05) is 18.1 Å². The van der Waals surface area contributed by atoms with Crippen molar-refractivity contribution in [1.82, 2.24) is 15.3 Å². The van der Waals surface area contributed by atoms with Gasteiger partial charge in [-0.25, -0.2) is 14.4 Å². The van der Waals surface area contributed by atoms with Crippen LogP contribution in [0.15, 0.2) is 53.6 Å². The van der Waals surface area contributed by atoms with Gasteiger partial charge in [-0.2, -0.15) is 13.2 Å². The Morgan fingerprint density at radius 1 is 0.970 bits per heavy atom. The number of aromatic nitrogens is 2. The van der Waals surface area contributed by atoms with E-state index in [1.54, 1.807) is 30.6 Å². The molecule has 1 heterocycles. The number of nitrogens with one attached hydrogen (secondary N) is 2. The first-order chi connectivity index (χ1) is 15.6. The van der Waals surface area contributed by atoms with E-state index in [4.69, 9.17) is 0 Å². The summed E-state index contributed by atoms with van der Waals surface area (Å²) in [5, 5.41) is 4.87. The second-order valence-corrected chi connectivity index (χ2v) is 7.65. The standard InChI is InChI=1S/C22H18F4N4O2S/c1-12-17(21(33-2)30-18(28-12)13-3-7-15(23)8-4-13)20(32)29-16-9-5-14(6-10-16)19(31)27-11-22(24,25)26/h3-10H,11H2,1-2H3,(H,27,31)(H,29,32). The summed E-state index contributed by atoms with van der Waals surface area (Å²) in [7, 11) is 0. The highest BCUT2D eigenvalue weighted by Crippen LogP contribution is 2.26. The third-order valence-corrected chi connectivity index (χ3v) is 5.12. The van der Waals surface area contributed by atoms with E-state index < -0.39 is 24.5 Å². The summed E-state index contributed by atoms with van der Waals surface area (Å²) in [4.78, 5) is 33.5. The SMILES string of the molecule is CSc1nc(-c2ccc(F)cc2)nc(C)c1C(=O)Nc1ccc(C(=O)NCC(F)(F)F)cc1. The Hall–Kier alpha value is -3.47. The van der Waals surface area contributed by atoms with Crippen LogP contribution in [0.1, 0.15) is 26.4 Å². The zero-order chi connectivity index (χ0) is 24.2. The number of carbonyl (C=O) groups is 2. The molecule has 0 aliphatic heterocycles. The molecular formula is C22H18F4N4O2S. The Balaban J connectivity index is 1.77. The highest BCUT2D eigenvalue weighted by molar-refractivity contribution is 7.98. The van der Waals surface area contributed by atoms with Gasteiger partial charge in [0.1, 0.15) is 17.4 Å². The van der Waals surface area contributed by atoms with Crippen LogP contribution in [0.4, 0.5) is 23.2 Å². The zero-order valence-electron chi connectivity index (χ0n) is 17.5. The van der Waals surface area contributed by atoms with Crippen molar-refractivity contribution in [3.05, 3.63) is 71.2 Å². The van der Waals surface area contributed by atoms with E-state index in [0.717, 1.165) is 0 Å². The van der Waals surface area contributed by atoms with E-state index in [-0.39, 0.29) is 16.9 Å². The molecule has 172 valence electrons. The lowest BCUT2D eigenvalue weighted by Gasteiger charge is -2.13. The van der Waals surface area contributed by atoms with Crippen LogP contribution in [0, 0.1) is 12.7 Å². The Morgan fingerprint density at radius 2 is 1.61 bits per heavy atom. The van der Waals surface area contributed by atoms with E-state index in [9.17, 15) is 27.2 Å². The third kappa shape index (κ3) is 6.28. The number of amides is 2. The van der Waals surface area contributed by atoms with E-state index in [1.165, 1.54) is 48.2 Å². The van der Waals surface area contributed by atoms with Crippen LogP contribution in [-0.4, -0.2) is 40.8 Å². The lowest BCUT2D eigenvalue weighted by Crippen LogP contribution is -2.33. The van der Waals surface area contributed by atoms with Gasteiger partial charge in [0.25, 0.3) is 11.8 Å². The van der Waals surface area contributed by atoms with Gasteiger partial charge in [-0.1, -0.05) is 0 Å². The molecule has 2 N–H and O–H groups in total. The number of rotatable bonds is 6. The Kier molecular flexibility index (Phi) is 7.32. The number of hydrogen-bond donors (Lipinski definition) is 2. The van der Waals surface area contributed by atoms with Gasteiger partial charge in [0.2, 0.25) is 0 Å². The zero-order valence-corrected chi connectivity index (χ0v) is 18.3. The molecule has 0 saturated heterocycles. The molecule has 6 nitrogen and oxygen atoms in total. The fourth-order valence-electron chi connectivity index (χ4n) is 2.86. The smallest absolute Gasteiger partial charge is 0.343 e. The maximum absolute atomic E-state index is 13.2. The van der Waals surface area contributed by atoms with Gasteiger partial charge >= 0.3 is 6.18 Å². The second kappa shape index (κ2) is 9.99. The fraction of sp³-hybridized carbons (Fsp3) is 0.182. The number of thioether (sulfide) groups is 1.